The molecule has 0 atom stereocenters. The number of nitrogens with one attached hydrogen (secondary N) is 1. The number of aliphatic carboxylic acids is 1. The molecule has 1 saturated heterocycles. The van der Waals surface area contributed by atoms with Crippen LogP contribution in [0, 0.1) is 0 Å². The van der Waals surface area contributed by atoms with Crippen LogP contribution in [0.25, 0.3) is 11.1 Å². The normalized spacial score (nSPS) is 19.4. The lowest BCUT2D eigenvalue weighted by Crippen LogP contribution is -2.64. The number of carboxylic acids is 1. The van der Waals surface area contributed by atoms with Crippen molar-refractivity contribution in [3.63, 3.8) is 0 Å². The second-order valence-corrected chi connectivity index (χ2v) is 9.35. The lowest BCUT2D eigenvalue weighted by atomic mass is 9.88. The summed E-state index contributed by atoms with van der Waals surface area (Å²) in [6.07, 6.45) is 0.641. The van der Waals surface area contributed by atoms with Gasteiger partial charge in [-0.25, -0.2) is 9.59 Å². The molecule has 0 bridgehead atoms. The molecular weight excluding hydrogens is 436 g/mol. The van der Waals surface area contributed by atoms with Crippen LogP contribution in [0.3, 0.4) is 0 Å². The van der Waals surface area contributed by atoms with Crippen molar-refractivity contribution in [3.05, 3.63) is 59.7 Å². The van der Waals surface area contributed by atoms with Crippen LogP contribution in [0.1, 0.15) is 42.7 Å². The molecule has 2 N–H and O–H groups in total. The van der Waals surface area contributed by atoms with Gasteiger partial charge in [-0.1, -0.05) is 48.5 Å². The minimum Gasteiger partial charge on any atom is -0.479 e. The van der Waals surface area contributed by atoms with Gasteiger partial charge >= 0.3 is 12.1 Å². The van der Waals surface area contributed by atoms with Gasteiger partial charge in [-0.2, -0.15) is 0 Å². The molecule has 34 heavy (non-hydrogen) atoms. The molecule has 2 aromatic rings. The molecule has 1 heterocycles. The number of amides is 2. The van der Waals surface area contributed by atoms with E-state index in [0.29, 0.717) is 26.1 Å². The molecule has 2 amide bonds. The fourth-order valence-electron chi connectivity index (χ4n) is 5.27. The molecule has 178 valence electrons. The Morgan fingerprint density at radius 2 is 1.56 bits per heavy atom. The minimum atomic E-state index is -1.25. The number of likely N-dealkylation sites (N-methyl/N-ethyl adjacent to an activating group) is 1. The standard InChI is InChI=1S/C26H28N2O6/c1-28(26(10-11-26)23(30)31)22(29)25(12-14-33-15-13-25)27-24(32)34-16-21-19-8-4-2-6-17(19)18-7-3-5-9-20(18)21/h2-9,21H,10-16H2,1H3,(H,27,32)(H,30,31). The molecule has 8 nitrogen and oxygen atoms in total. The van der Waals surface area contributed by atoms with Crippen LogP contribution in [0.2, 0.25) is 0 Å². The third-order valence-electron chi connectivity index (χ3n) is 7.51. The first-order chi connectivity index (χ1) is 16.4. The van der Waals surface area contributed by atoms with E-state index < -0.39 is 29.0 Å². The van der Waals surface area contributed by atoms with Crippen molar-refractivity contribution in [2.45, 2.75) is 42.7 Å². The quantitative estimate of drug-likeness (QED) is 0.681. The number of alkyl carbamates (subject to hydrolysis) is 1. The van der Waals surface area contributed by atoms with Gasteiger partial charge in [0.2, 0.25) is 5.91 Å². The van der Waals surface area contributed by atoms with Gasteiger partial charge in [-0.15, -0.1) is 0 Å². The van der Waals surface area contributed by atoms with Crippen molar-refractivity contribution in [2.24, 2.45) is 0 Å². The number of carbonyl (C=O) groups excluding carboxylic acids is 2. The average molecular weight is 465 g/mol. The maximum absolute atomic E-state index is 13.5. The number of carboxylic acid groups (broad SMARTS) is 1. The Kier molecular flexibility index (Phi) is 5.56. The van der Waals surface area contributed by atoms with Crippen LogP contribution >= 0.6 is 0 Å². The van der Waals surface area contributed by atoms with Crippen molar-refractivity contribution in [3.8, 4) is 11.1 Å². The van der Waals surface area contributed by atoms with Gasteiger partial charge in [0.1, 0.15) is 17.7 Å². The highest BCUT2D eigenvalue weighted by Gasteiger charge is 2.58. The molecule has 2 aromatic carbocycles. The zero-order valence-electron chi connectivity index (χ0n) is 19.1. The number of carbonyl (C=O) groups is 3. The van der Waals surface area contributed by atoms with Crippen LogP contribution in [-0.2, 0) is 19.1 Å². The Bertz CT molecular complexity index is 1090. The zero-order valence-corrected chi connectivity index (χ0v) is 19.1. The van der Waals surface area contributed by atoms with E-state index >= 15 is 0 Å². The molecule has 0 radical (unpaired) electrons. The Labute approximate surface area is 197 Å². The Balaban J connectivity index is 1.32. The van der Waals surface area contributed by atoms with Crippen molar-refractivity contribution < 1.29 is 29.0 Å². The van der Waals surface area contributed by atoms with Crippen molar-refractivity contribution in [2.75, 3.05) is 26.9 Å². The average Bonchev–Trinajstić information content (AvgIpc) is 3.61. The van der Waals surface area contributed by atoms with Gasteiger partial charge in [0, 0.05) is 39.0 Å². The van der Waals surface area contributed by atoms with Gasteiger partial charge in [-0.05, 0) is 35.1 Å². The maximum atomic E-state index is 13.5. The van der Waals surface area contributed by atoms with Crippen molar-refractivity contribution in [1.82, 2.24) is 10.2 Å². The number of hydrogen-bond acceptors (Lipinski definition) is 5. The minimum absolute atomic E-state index is 0.0936. The first kappa shape index (κ1) is 22.4. The van der Waals surface area contributed by atoms with E-state index in [-0.39, 0.29) is 25.4 Å². The highest BCUT2D eigenvalue weighted by molar-refractivity contribution is 5.95. The highest BCUT2D eigenvalue weighted by atomic mass is 16.5. The lowest BCUT2D eigenvalue weighted by molar-refractivity contribution is -0.155. The first-order valence-electron chi connectivity index (χ1n) is 11.6. The summed E-state index contributed by atoms with van der Waals surface area (Å²) in [5, 5.41) is 12.4. The molecule has 1 aliphatic heterocycles. The molecule has 3 aliphatic rings. The van der Waals surface area contributed by atoms with E-state index in [9.17, 15) is 19.5 Å². The number of benzene rings is 2. The summed E-state index contributed by atoms with van der Waals surface area (Å²) in [4.78, 5) is 39.5. The van der Waals surface area contributed by atoms with E-state index in [1.54, 1.807) is 0 Å². The van der Waals surface area contributed by atoms with Crippen molar-refractivity contribution >= 4 is 18.0 Å². The van der Waals surface area contributed by atoms with Crippen LogP contribution in [0.5, 0.6) is 0 Å². The van der Waals surface area contributed by atoms with E-state index in [4.69, 9.17) is 9.47 Å². The van der Waals surface area contributed by atoms with E-state index in [1.165, 1.54) is 11.9 Å². The zero-order chi connectivity index (χ0) is 23.9. The molecular formula is C26H28N2O6. The second kappa shape index (κ2) is 8.43. The van der Waals surface area contributed by atoms with E-state index in [2.05, 4.69) is 17.4 Å². The highest BCUT2D eigenvalue weighted by Crippen LogP contribution is 2.45. The summed E-state index contributed by atoms with van der Waals surface area (Å²) in [5.41, 5.74) is 2.03. The molecule has 1 saturated carbocycles. The molecule has 8 heteroatoms. The topological polar surface area (TPSA) is 105 Å². The van der Waals surface area contributed by atoms with Gasteiger partial charge in [0.15, 0.2) is 0 Å². The fourth-order valence-corrected chi connectivity index (χ4v) is 5.27. The monoisotopic (exact) mass is 464 g/mol. The fraction of sp³-hybridized carbons (Fsp3) is 0.423. The van der Waals surface area contributed by atoms with Crippen LogP contribution in [0.15, 0.2) is 48.5 Å². The van der Waals surface area contributed by atoms with Gasteiger partial charge in [-0.3, -0.25) is 4.79 Å². The number of nitrogens with zero attached hydrogens (tertiary/aromatic N) is 1. The first-order valence-corrected chi connectivity index (χ1v) is 11.6. The van der Waals surface area contributed by atoms with Crippen LogP contribution in [0.4, 0.5) is 4.79 Å². The van der Waals surface area contributed by atoms with E-state index in [0.717, 1.165) is 22.3 Å². The smallest absolute Gasteiger partial charge is 0.408 e. The molecule has 2 aliphatic carbocycles. The lowest BCUT2D eigenvalue weighted by Gasteiger charge is -2.40. The molecule has 2 fully saturated rings. The predicted octanol–water partition coefficient (Wildman–Crippen LogP) is 3.15. The summed E-state index contributed by atoms with van der Waals surface area (Å²) in [6.45, 7) is 0.724. The Hall–Kier alpha value is -3.39. The van der Waals surface area contributed by atoms with Crippen LogP contribution < -0.4 is 5.32 Å². The SMILES string of the molecule is CN(C(=O)C1(NC(=O)OCC2c3ccccc3-c3ccccc32)CCOCC1)C1(C(=O)O)CC1. The summed E-state index contributed by atoms with van der Waals surface area (Å²) < 4.78 is 11.1. The Morgan fingerprint density at radius 3 is 2.09 bits per heavy atom. The van der Waals surface area contributed by atoms with Gasteiger partial charge in [0.25, 0.3) is 0 Å². The number of ether oxygens (including phenoxy) is 2. The number of fused-ring (bicyclic) bond motifs is 3. The third kappa shape index (κ3) is 3.62. The molecule has 0 spiro atoms. The van der Waals surface area contributed by atoms with Crippen LogP contribution in [-0.4, -0.2) is 65.9 Å². The molecule has 0 unspecified atom stereocenters. The van der Waals surface area contributed by atoms with Crippen molar-refractivity contribution in [1.29, 1.82) is 0 Å². The van der Waals surface area contributed by atoms with Gasteiger partial charge in [0.05, 0.1) is 0 Å². The summed E-state index contributed by atoms with van der Waals surface area (Å²) in [5.74, 6) is -1.53. The largest absolute Gasteiger partial charge is 0.479 e. The third-order valence-corrected chi connectivity index (χ3v) is 7.51. The predicted molar refractivity (Wildman–Crippen MR) is 123 cm³/mol. The Morgan fingerprint density at radius 1 is 1.00 bits per heavy atom. The van der Waals surface area contributed by atoms with E-state index in [1.807, 2.05) is 36.4 Å². The number of rotatable bonds is 6. The number of hydrogen-bond donors (Lipinski definition) is 2. The molecule has 5 rings (SSSR count). The summed E-state index contributed by atoms with van der Waals surface area (Å²) >= 11 is 0. The second-order valence-electron chi connectivity index (χ2n) is 9.35. The van der Waals surface area contributed by atoms with Gasteiger partial charge < -0.3 is 24.8 Å². The summed E-state index contributed by atoms with van der Waals surface area (Å²) in [7, 11) is 1.50. The summed E-state index contributed by atoms with van der Waals surface area (Å²) in [6, 6.07) is 16.1. The maximum Gasteiger partial charge on any atom is 0.408 e. The molecule has 0 aromatic heterocycles.